The fourth-order valence-corrected chi connectivity index (χ4v) is 2.82. The molecular weight excluding hydrogens is 262 g/mol. The van der Waals surface area contributed by atoms with Crippen LogP contribution in [0.25, 0.3) is 10.9 Å². The smallest absolute Gasteiger partial charge is 0.214 e. The van der Waals surface area contributed by atoms with Crippen molar-refractivity contribution < 1.29 is 9.84 Å². The van der Waals surface area contributed by atoms with Crippen LogP contribution in [-0.4, -0.2) is 17.2 Å². The van der Waals surface area contributed by atoms with E-state index in [0.717, 1.165) is 41.0 Å². The highest BCUT2D eigenvalue weighted by Crippen LogP contribution is 2.34. The predicted molar refractivity (Wildman–Crippen MR) is 84.9 cm³/mol. The van der Waals surface area contributed by atoms with Crippen molar-refractivity contribution in [3.8, 4) is 11.6 Å². The van der Waals surface area contributed by atoms with Crippen LogP contribution in [0.5, 0.6) is 11.6 Å². The highest BCUT2D eigenvalue weighted by molar-refractivity contribution is 5.81. The molecule has 1 aromatic carbocycles. The number of unbranched alkanes of at least 4 members (excludes halogenated alkanes) is 2. The Labute approximate surface area is 126 Å². The molecule has 1 aliphatic rings. The van der Waals surface area contributed by atoms with Crippen LogP contribution in [0, 0.1) is 5.92 Å². The lowest BCUT2D eigenvalue weighted by molar-refractivity contribution is 0.415. The number of methoxy groups -OCH3 is 1. The molecule has 0 atom stereocenters. The number of fused-ring (bicyclic) bond motifs is 1. The number of rotatable bonds is 7. The van der Waals surface area contributed by atoms with Gasteiger partial charge >= 0.3 is 0 Å². The molecule has 1 aromatic heterocycles. The zero-order chi connectivity index (χ0) is 14.7. The normalized spacial score (nSPS) is 14.5. The van der Waals surface area contributed by atoms with E-state index in [1.54, 1.807) is 7.11 Å². The lowest BCUT2D eigenvalue weighted by Crippen LogP contribution is -1.92. The maximum Gasteiger partial charge on any atom is 0.214 e. The second-order valence-electron chi connectivity index (χ2n) is 6.07. The summed E-state index contributed by atoms with van der Waals surface area (Å²) in [5.41, 5.74) is 1.74. The molecule has 1 fully saturated rings. The van der Waals surface area contributed by atoms with Crippen LogP contribution in [0.2, 0.25) is 0 Å². The first-order valence-electron chi connectivity index (χ1n) is 7.93. The first-order chi connectivity index (χ1) is 10.3. The van der Waals surface area contributed by atoms with Gasteiger partial charge in [0, 0.05) is 17.0 Å². The van der Waals surface area contributed by atoms with Crippen molar-refractivity contribution in [3.63, 3.8) is 0 Å². The molecule has 112 valence electrons. The maximum absolute atomic E-state index is 10.1. The second-order valence-corrected chi connectivity index (χ2v) is 6.07. The third-order valence-electron chi connectivity index (χ3n) is 4.34. The van der Waals surface area contributed by atoms with Crippen LogP contribution < -0.4 is 4.74 Å². The predicted octanol–water partition coefficient (Wildman–Crippen LogP) is 4.46. The molecule has 21 heavy (non-hydrogen) atoms. The van der Waals surface area contributed by atoms with Gasteiger partial charge in [-0.3, -0.25) is 0 Å². The Kier molecular flexibility index (Phi) is 4.28. The van der Waals surface area contributed by atoms with Crippen LogP contribution in [0.15, 0.2) is 24.3 Å². The number of ether oxygens (including phenoxy) is 1. The maximum atomic E-state index is 10.1. The van der Waals surface area contributed by atoms with Crippen LogP contribution in [0.1, 0.15) is 44.1 Å². The quantitative estimate of drug-likeness (QED) is 0.764. The van der Waals surface area contributed by atoms with E-state index in [1.807, 2.05) is 18.2 Å². The molecule has 1 N–H and O–H groups in total. The molecule has 0 unspecified atom stereocenters. The van der Waals surface area contributed by atoms with Gasteiger partial charge in [0.25, 0.3) is 0 Å². The van der Waals surface area contributed by atoms with E-state index < -0.39 is 0 Å². The van der Waals surface area contributed by atoms with E-state index in [9.17, 15) is 5.11 Å². The van der Waals surface area contributed by atoms with Crippen molar-refractivity contribution in [1.29, 1.82) is 0 Å². The van der Waals surface area contributed by atoms with E-state index in [0.29, 0.717) is 0 Å². The Balaban J connectivity index is 1.62. The molecule has 3 rings (SSSR count). The van der Waals surface area contributed by atoms with Crippen molar-refractivity contribution >= 4 is 10.9 Å². The van der Waals surface area contributed by atoms with Gasteiger partial charge < -0.3 is 9.84 Å². The number of pyridine rings is 1. The van der Waals surface area contributed by atoms with Crippen LogP contribution in [0.3, 0.4) is 0 Å². The zero-order valence-electron chi connectivity index (χ0n) is 12.6. The fraction of sp³-hybridized carbons (Fsp3) is 0.500. The molecule has 0 saturated heterocycles. The molecule has 0 radical (unpaired) electrons. The third kappa shape index (κ3) is 3.66. The Bertz CT molecular complexity index is 620. The van der Waals surface area contributed by atoms with Crippen LogP contribution >= 0.6 is 0 Å². The minimum atomic E-state index is 0.165. The molecule has 1 saturated carbocycles. The summed E-state index contributed by atoms with van der Waals surface area (Å²) < 4.78 is 5.19. The summed E-state index contributed by atoms with van der Waals surface area (Å²) in [7, 11) is 1.64. The van der Waals surface area contributed by atoms with Gasteiger partial charge in [0.05, 0.1) is 12.6 Å². The van der Waals surface area contributed by atoms with Gasteiger partial charge in [-0.2, -0.15) is 0 Å². The molecule has 0 bridgehead atoms. The number of aromatic nitrogens is 1. The lowest BCUT2D eigenvalue weighted by Gasteiger charge is -2.07. The molecule has 2 aromatic rings. The molecule has 0 amide bonds. The molecule has 1 heterocycles. The summed E-state index contributed by atoms with van der Waals surface area (Å²) in [6.07, 6.45) is 8.88. The third-order valence-corrected chi connectivity index (χ3v) is 4.34. The average molecular weight is 285 g/mol. The second kappa shape index (κ2) is 6.33. The molecule has 3 nitrogen and oxygen atoms in total. The van der Waals surface area contributed by atoms with Gasteiger partial charge in [-0.1, -0.05) is 32.1 Å². The zero-order valence-corrected chi connectivity index (χ0v) is 12.6. The van der Waals surface area contributed by atoms with Crippen molar-refractivity contribution in [3.05, 3.63) is 29.8 Å². The number of benzene rings is 1. The summed E-state index contributed by atoms with van der Waals surface area (Å²) in [5, 5.41) is 11.1. The summed E-state index contributed by atoms with van der Waals surface area (Å²) in [6, 6.07) is 7.84. The van der Waals surface area contributed by atoms with Crippen molar-refractivity contribution in [1.82, 2.24) is 4.98 Å². The lowest BCUT2D eigenvalue weighted by atomic mass is 10.0. The summed E-state index contributed by atoms with van der Waals surface area (Å²) in [5.74, 6) is 1.95. The van der Waals surface area contributed by atoms with Gasteiger partial charge in [0.2, 0.25) is 5.88 Å². The number of nitrogens with zero attached hydrogens (tertiary/aromatic N) is 1. The molecule has 0 spiro atoms. The molecule has 0 aliphatic heterocycles. The standard InChI is InChI=1S/C18H23NO2/c1-21-16-10-9-14-11-15(18(20)19-17(14)12-16)6-4-2-3-5-13-7-8-13/h9-13H,2-8H2,1H3,(H,19,20). The van der Waals surface area contributed by atoms with Crippen molar-refractivity contribution in [2.45, 2.75) is 44.9 Å². The molecule has 1 aliphatic carbocycles. The van der Waals surface area contributed by atoms with Gasteiger partial charge in [0.1, 0.15) is 5.75 Å². The monoisotopic (exact) mass is 285 g/mol. The minimum Gasteiger partial charge on any atom is -0.497 e. The van der Waals surface area contributed by atoms with Gasteiger partial charge in [-0.15, -0.1) is 0 Å². The van der Waals surface area contributed by atoms with Crippen LogP contribution in [0.4, 0.5) is 0 Å². The van der Waals surface area contributed by atoms with Gasteiger partial charge in [0.15, 0.2) is 0 Å². The average Bonchev–Trinajstić information content (AvgIpc) is 3.31. The number of hydrogen-bond acceptors (Lipinski definition) is 3. The Morgan fingerprint density at radius 3 is 2.81 bits per heavy atom. The first kappa shape index (κ1) is 14.2. The largest absolute Gasteiger partial charge is 0.497 e. The summed E-state index contributed by atoms with van der Waals surface area (Å²) in [6.45, 7) is 0. The minimum absolute atomic E-state index is 0.165. The summed E-state index contributed by atoms with van der Waals surface area (Å²) in [4.78, 5) is 4.30. The van der Waals surface area contributed by atoms with Gasteiger partial charge in [-0.05, 0) is 37.0 Å². The number of hydrogen-bond donors (Lipinski definition) is 1. The fourth-order valence-electron chi connectivity index (χ4n) is 2.82. The Hall–Kier alpha value is -1.77. The molecular formula is C18H23NO2. The summed E-state index contributed by atoms with van der Waals surface area (Å²) >= 11 is 0. The van der Waals surface area contributed by atoms with E-state index in [2.05, 4.69) is 11.1 Å². The van der Waals surface area contributed by atoms with Crippen LogP contribution in [-0.2, 0) is 6.42 Å². The molecule has 3 heteroatoms. The topological polar surface area (TPSA) is 42.4 Å². The van der Waals surface area contributed by atoms with Crippen molar-refractivity contribution in [2.75, 3.05) is 7.11 Å². The number of aromatic hydroxyl groups is 1. The Morgan fingerprint density at radius 2 is 2.05 bits per heavy atom. The highest BCUT2D eigenvalue weighted by atomic mass is 16.5. The van der Waals surface area contributed by atoms with E-state index >= 15 is 0 Å². The van der Waals surface area contributed by atoms with Crippen molar-refractivity contribution in [2.24, 2.45) is 5.92 Å². The van der Waals surface area contributed by atoms with E-state index in [1.165, 1.54) is 32.1 Å². The van der Waals surface area contributed by atoms with E-state index in [4.69, 9.17) is 4.74 Å². The first-order valence-corrected chi connectivity index (χ1v) is 7.93. The highest BCUT2D eigenvalue weighted by Gasteiger charge is 2.19. The SMILES string of the molecule is COc1ccc2cc(CCCCCC3CC3)c(O)nc2c1. The Morgan fingerprint density at radius 1 is 1.19 bits per heavy atom. The van der Waals surface area contributed by atoms with Gasteiger partial charge in [-0.25, -0.2) is 4.98 Å². The van der Waals surface area contributed by atoms with E-state index in [-0.39, 0.29) is 5.88 Å². The number of aryl methyl sites for hydroxylation is 1.